The molecule has 0 fully saturated rings. The number of hydrogen-bond acceptors (Lipinski definition) is 3. The number of hydrogen-bond donors (Lipinski definition) is 1. The fraction of sp³-hybridized carbons (Fsp3) is 0.667. The Balaban J connectivity index is 2.98. The van der Waals surface area contributed by atoms with E-state index in [0.29, 0.717) is 11.9 Å². The second-order valence-corrected chi connectivity index (χ2v) is 2.61. The molecule has 0 unspecified atom stereocenters. The van der Waals surface area contributed by atoms with Crippen molar-refractivity contribution in [3.63, 3.8) is 0 Å². The van der Waals surface area contributed by atoms with Crippen molar-refractivity contribution in [2.24, 2.45) is 7.05 Å². The van der Waals surface area contributed by atoms with Crippen LogP contribution < -0.4 is 5.73 Å². The summed E-state index contributed by atoms with van der Waals surface area (Å²) >= 11 is 0. The fourth-order valence-electron chi connectivity index (χ4n) is 0.662. The van der Waals surface area contributed by atoms with Crippen LogP contribution in [0.2, 0.25) is 0 Å². The topological polar surface area (TPSA) is 56.7 Å². The van der Waals surface area contributed by atoms with Gasteiger partial charge in [0, 0.05) is 13.0 Å². The average Bonchev–Trinajstić information content (AvgIpc) is 2.13. The van der Waals surface area contributed by atoms with E-state index in [0.717, 1.165) is 5.82 Å². The van der Waals surface area contributed by atoms with Gasteiger partial charge in [-0.05, 0) is 0 Å². The highest BCUT2D eigenvalue weighted by atomic mass is 15.4. The molecular weight excluding hydrogens is 128 g/mol. The van der Waals surface area contributed by atoms with Crippen LogP contribution in [0.3, 0.4) is 0 Å². The van der Waals surface area contributed by atoms with Gasteiger partial charge in [0.05, 0.1) is 0 Å². The van der Waals surface area contributed by atoms with Crippen LogP contribution in [0.25, 0.3) is 0 Å². The predicted octanol–water partition coefficient (Wildman–Crippen LogP) is 0.521. The highest BCUT2D eigenvalue weighted by Gasteiger charge is 2.06. The summed E-state index contributed by atoms with van der Waals surface area (Å²) in [5, 5.41) is 4.09. The summed E-state index contributed by atoms with van der Waals surface area (Å²) in [6, 6.07) is 0. The molecule has 0 saturated heterocycles. The number of nitrogen functional groups attached to an aromatic ring is 1. The summed E-state index contributed by atoms with van der Waals surface area (Å²) in [6.45, 7) is 4.07. The van der Waals surface area contributed by atoms with Crippen molar-refractivity contribution in [1.82, 2.24) is 14.8 Å². The van der Waals surface area contributed by atoms with Crippen LogP contribution in [0.1, 0.15) is 25.6 Å². The SMILES string of the molecule is CC(C)c1nc(N)n(C)n1. The standard InChI is InChI=1S/C6H12N4/c1-4(2)5-8-6(7)10(3)9-5/h4H,1-3H3,(H2,7,8,9). The molecule has 4 nitrogen and oxygen atoms in total. The Kier molecular flexibility index (Phi) is 1.61. The summed E-state index contributed by atoms with van der Waals surface area (Å²) in [7, 11) is 1.79. The van der Waals surface area contributed by atoms with Gasteiger partial charge < -0.3 is 5.73 Å². The van der Waals surface area contributed by atoms with E-state index in [9.17, 15) is 0 Å². The third kappa shape index (κ3) is 1.10. The molecular formula is C6H12N4. The summed E-state index contributed by atoms with van der Waals surface area (Å²) in [6.07, 6.45) is 0. The molecule has 0 aliphatic rings. The first-order valence-corrected chi connectivity index (χ1v) is 3.27. The molecule has 4 heteroatoms. The zero-order valence-electron chi connectivity index (χ0n) is 6.50. The summed E-state index contributed by atoms with van der Waals surface area (Å²) in [5.74, 6) is 1.63. The van der Waals surface area contributed by atoms with Crippen LogP contribution in [0.4, 0.5) is 5.95 Å². The van der Waals surface area contributed by atoms with Crippen molar-refractivity contribution < 1.29 is 0 Å². The number of aryl methyl sites for hydroxylation is 1. The smallest absolute Gasteiger partial charge is 0.218 e. The highest BCUT2D eigenvalue weighted by molar-refractivity contribution is 5.16. The Labute approximate surface area is 60.1 Å². The van der Waals surface area contributed by atoms with Crippen molar-refractivity contribution >= 4 is 5.95 Å². The Morgan fingerprint density at radius 1 is 1.50 bits per heavy atom. The number of anilines is 1. The van der Waals surface area contributed by atoms with Crippen molar-refractivity contribution in [3.05, 3.63) is 5.82 Å². The maximum absolute atomic E-state index is 5.47. The van der Waals surface area contributed by atoms with Crippen molar-refractivity contribution in [2.45, 2.75) is 19.8 Å². The first kappa shape index (κ1) is 7.05. The highest BCUT2D eigenvalue weighted by Crippen LogP contribution is 2.09. The van der Waals surface area contributed by atoms with Gasteiger partial charge in [-0.25, -0.2) is 4.68 Å². The minimum absolute atomic E-state index is 0.350. The third-order valence-corrected chi connectivity index (χ3v) is 1.33. The van der Waals surface area contributed by atoms with Gasteiger partial charge in [0.15, 0.2) is 5.82 Å². The average molecular weight is 140 g/mol. The lowest BCUT2D eigenvalue weighted by Crippen LogP contribution is -1.97. The molecule has 0 aliphatic carbocycles. The van der Waals surface area contributed by atoms with Crippen LogP contribution in [0.5, 0.6) is 0 Å². The van der Waals surface area contributed by atoms with E-state index in [-0.39, 0.29) is 0 Å². The van der Waals surface area contributed by atoms with Crippen LogP contribution in [0, 0.1) is 0 Å². The lowest BCUT2D eigenvalue weighted by molar-refractivity contribution is 0.713. The van der Waals surface area contributed by atoms with E-state index in [4.69, 9.17) is 5.73 Å². The zero-order valence-corrected chi connectivity index (χ0v) is 6.50. The summed E-state index contributed by atoms with van der Waals surface area (Å²) in [5.41, 5.74) is 5.47. The summed E-state index contributed by atoms with van der Waals surface area (Å²) < 4.78 is 1.58. The first-order valence-electron chi connectivity index (χ1n) is 3.27. The monoisotopic (exact) mass is 140 g/mol. The molecule has 1 heterocycles. The molecule has 1 aromatic heterocycles. The molecule has 56 valence electrons. The zero-order chi connectivity index (χ0) is 7.72. The van der Waals surface area contributed by atoms with E-state index < -0.39 is 0 Å². The molecule has 0 aromatic carbocycles. The molecule has 0 amide bonds. The quantitative estimate of drug-likeness (QED) is 0.618. The molecule has 10 heavy (non-hydrogen) atoms. The maximum atomic E-state index is 5.47. The van der Waals surface area contributed by atoms with Crippen molar-refractivity contribution in [2.75, 3.05) is 5.73 Å². The number of nitrogens with zero attached hydrogens (tertiary/aromatic N) is 3. The molecule has 0 bridgehead atoms. The lowest BCUT2D eigenvalue weighted by Gasteiger charge is -1.93. The lowest BCUT2D eigenvalue weighted by atomic mass is 10.2. The van der Waals surface area contributed by atoms with E-state index in [1.807, 2.05) is 13.8 Å². The van der Waals surface area contributed by atoms with Gasteiger partial charge >= 0.3 is 0 Å². The second-order valence-electron chi connectivity index (χ2n) is 2.61. The number of aromatic nitrogens is 3. The molecule has 0 atom stereocenters. The minimum atomic E-state index is 0.350. The van der Waals surface area contributed by atoms with E-state index in [1.54, 1.807) is 11.7 Å². The van der Waals surface area contributed by atoms with Gasteiger partial charge in [-0.15, -0.1) is 0 Å². The van der Waals surface area contributed by atoms with Gasteiger partial charge in [-0.3, -0.25) is 0 Å². The van der Waals surface area contributed by atoms with E-state index in [2.05, 4.69) is 10.1 Å². The Morgan fingerprint density at radius 2 is 2.10 bits per heavy atom. The minimum Gasteiger partial charge on any atom is -0.368 e. The Hall–Kier alpha value is -1.06. The Bertz CT molecular complexity index is 206. The van der Waals surface area contributed by atoms with Crippen molar-refractivity contribution in [1.29, 1.82) is 0 Å². The van der Waals surface area contributed by atoms with E-state index in [1.165, 1.54) is 0 Å². The maximum Gasteiger partial charge on any atom is 0.218 e. The Morgan fingerprint density at radius 3 is 2.30 bits per heavy atom. The predicted molar refractivity (Wildman–Crippen MR) is 39.5 cm³/mol. The number of nitrogens with two attached hydrogens (primary N) is 1. The molecule has 2 N–H and O–H groups in total. The molecule has 1 aromatic rings. The van der Waals surface area contributed by atoms with Crippen LogP contribution in [0.15, 0.2) is 0 Å². The van der Waals surface area contributed by atoms with Crippen LogP contribution in [-0.2, 0) is 7.05 Å². The van der Waals surface area contributed by atoms with E-state index >= 15 is 0 Å². The molecule has 0 radical (unpaired) electrons. The first-order chi connectivity index (χ1) is 4.61. The van der Waals surface area contributed by atoms with Gasteiger partial charge in [-0.2, -0.15) is 10.1 Å². The second kappa shape index (κ2) is 2.28. The largest absolute Gasteiger partial charge is 0.368 e. The van der Waals surface area contributed by atoms with Gasteiger partial charge in [0.1, 0.15) is 0 Å². The molecule has 0 spiro atoms. The van der Waals surface area contributed by atoms with Gasteiger partial charge in [0.25, 0.3) is 0 Å². The number of rotatable bonds is 1. The van der Waals surface area contributed by atoms with Gasteiger partial charge in [-0.1, -0.05) is 13.8 Å². The van der Waals surface area contributed by atoms with Crippen LogP contribution >= 0.6 is 0 Å². The molecule has 0 saturated carbocycles. The van der Waals surface area contributed by atoms with Crippen LogP contribution in [-0.4, -0.2) is 14.8 Å². The fourth-order valence-corrected chi connectivity index (χ4v) is 0.662. The van der Waals surface area contributed by atoms with Gasteiger partial charge in [0.2, 0.25) is 5.95 Å². The molecule has 1 rings (SSSR count). The summed E-state index contributed by atoms with van der Waals surface area (Å²) in [4.78, 5) is 4.04. The molecule has 0 aliphatic heterocycles. The third-order valence-electron chi connectivity index (χ3n) is 1.33. The normalized spacial score (nSPS) is 10.8. The van der Waals surface area contributed by atoms with Crippen molar-refractivity contribution in [3.8, 4) is 0 Å².